The highest BCUT2D eigenvalue weighted by atomic mass is 16.5. The first-order valence-electron chi connectivity index (χ1n) is 6.06. The van der Waals surface area contributed by atoms with E-state index in [9.17, 15) is 4.79 Å². The Labute approximate surface area is 108 Å². The number of hydrogen-bond donors (Lipinski definition) is 1. The first-order chi connectivity index (χ1) is 8.63. The van der Waals surface area contributed by atoms with Gasteiger partial charge in [-0.15, -0.1) is 0 Å². The van der Waals surface area contributed by atoms with E-state index in [1.165, 1.54) is 7.11 Å². The van der Waals surface area contributed by atoms with Crippen molar-refractivity contribution in [3.8, 4) is 5.88 Å². The highest BCUT2D eigenvalue weighted by molar-refractivity contribution is 5.69. The fourth-order valence-electron chi connectivity index (χ4n) is 1.40. The molecule has 100 valence electrons. The zero-order valence-corrected chi connectivity index (χ0v) is 11.1. The van der Waals surface area contributed by atoms with Gasteiger partial charge in [0.25, 0.3) is 0 Å². The Kier molecular flexibility index (Phi) is 5.97. The number of nitrogens with one attached hydrogen (secondary N) is 1. The van der Waals surface area contributed by atoms with E-state index >= 15 is 0 Å². The Morgan fingerprint density at radius 3 is 2.94 bits per heavy atom. The molecule has 18 heavy (non-hydrogen) atoms. The third kappa shape index (κ3) is 5.03. The van der Waals surface area contributed by atoms with Crippen molar-refractivity contribution in [3.05, 3.63) is 18.3 Å². The molecule has 0 saturated heterocycles. The van der Waals surface area contributed by atoms with Gasteiger partial charge in [-0.3, -0.25) is 4.79 Å². The van der Waals surface area contributed by atoms with Gasteiger partial charge in [0.2, 0.25) is 5.88 Å². The van der Waals surface area contributed by atoms with Crippen LogP contribution in [0.25, 0.3) is 0 Å². The second-order valence-electron chi connectivity index (χ2n) is 4.13. The average Bonchev–Trinajstić information content (AvgIpc) is 2.35. The highest BCUT2D eigenvalue weighted by Crippen LogP contribution is 2.21. The number of carbonyl (C=O) groups excluding carboxylic acids is 1. The molecule has 0 unspecified atom stereocenters. The lowest BCUT2D eigenvalue weighted by molar-refractivity contribution is -0.140. The quantitative estimate of drug-likeness (QED) is 0.595. The maximum Gasteiger partial charge on any atom is 0.305 e. The van der Waals surface area contributed by atoms with Crippen LogP contribution in [0.15, 0.2) is 18.3 Å². The van der Waals surface area contributed by atoms with E-state index in [4.69, 9.17) is 4.74 Å². The van der Waals surface area contributed by atoms with Crippen molar-refractivity contribution in [1.82, 2.24) is 4.98 Å². The van der Waals surface area contributed by atoms with Crippen molar-refractivity contribution < 1.29 is 14.3 Å². The maximum absolute atomic E-state index is 10.9. The molecule has 0 aliphatic rings. The molecule has 0 fully saturated rings. The number of hydrogen-bond acceptors (Lipinski definition) is 5. The normalized spacial score (nSPS) is 10.2. The number of pyridine rings is 1. The van der Waals surface area contributed by atoms with Crippen LogP contribution in [0.2, 0.25) is 0 Å². The fourth-order valence-corrected chi connectivity index (χ4v) is 1.40. The summed E-state index contributed by atoms with van der Waals surface area (Å²) in [6, 6.07) is 3.75. The molecule has 1 N–H and O–H groups in total. The van der Waals surface area contributed by atoms with Crippen molar-refractivity contribution in [2.45, 2.75) is 32.8 Å². The minimum absolute atomic E-state index is 0.0792. The molecule has 1 aromatic heterocycles. The minimum atomic E-state index is -0.193. The van der Waals surface area contributed by atoms with Crippen molar-refractivity contribution in [2.75, 3.05) is 19.0 Å². The Bertz CT molecular complexity index is 380. The summed E-state index contributed by atoms with van der Waals surface area (Å²) in [5.41, 5.74) is 0.844. The van der Waals surface area contributed by atoms with E-state index in [0.717, 1.165) is 5.69 Å². The van der Waals surface area contributed by atoms with Crippen LogP contribution in [0.4, 0.5) is 5.69 Å². The molecule has 1 heterocycles. The molecule has 0 saturated carbocycles. The molecule has 0 atom stereocenters. The van der Waals surface area contributed by atoms with Crippen molar-refractivity contribution >= 4 is 11.7 Å². The number of methoxy groups -OCH3 is 1. The molecule has 5 nitrogen and oxygen atoms in total. The van der Waals surface area contributed by atoms with E-state index in [1.807, 2.05) is 26.0 Å². The van der Waals surface area contributed by atoms with E-state index in [0.29, 0.717) is 25.3 Å². The summed E-state index contributed by atoms with van der Waals surface area (Å²) in [5, 5.41) is 3.20. The topological polar surface area (TPSA) is 60.5 Å². The van der Waals surface area contributed by atoms with Crippen LogP contribution in [0, 0.1) is 0 Å². The zero-order valence-electron chi connectivity index (χ0n) is 11.1. The van der Waals surface area contributed by atoms with Gasteiger partial charge in [0.05, 0.1) is 18.9 Å². The first-order valence-corrected chi connectivity index (χ1v) is 6.06. The number of anilines is 1. The molecule has 0 amide bonds. The summed E-state index contributed by atoms with van der Waals surface area (Å²) >= 11 is 0. The van der Waals surface area contributed by atoms with Gasteiger partial charge in [-0.2, -0.15) is 0 Å². The van der Waals surface area contributed by atoms with Crippen LogP contribution >= 0.6 is 0 Å². The first kappa shape index (κ1) is 14.3. The summed E-state index contributed by atoms with van der Waals surface area (Å²) in [5.74, 6) is 0.396. The third-order valence-electron chi connectivity index (χ3n) is 2.22. The predicted octanol–water partition coefficient (Wildman–Crippen LogP) is 2.23. The van der Waals surface area contributed by atoms with Gasteiger partial charge in [-0.05, 0) is 32.4 Å². The van der Waals surface area contributed by atoms with Gasteiger partial charge in [-0.25, -0.2) is 4.98 Å². The molecule has 0 aromatic carbocycles. The van der Waals surface area contributed by atoms with Gasteiger partial charge >= 0.3 is 5.97 Å². The van der Waals surface area contributed by atoms with Gasteiger partial charge < -0.3 is 14.8 Å². The maximum atomic E-state index is 10.9. The molecular formula is C13H20N2O3. The second kappa shape index (κ2) is 7.53. The van der Waals surface area contributed by atoms with Crippen LogP contribution in [-0.2, 0) is 9.53 Å². The van der Waals surface area contributed by atoms with Crippen LogP contribution in [0.5, 0.6) is 5.88 Å². The Morgan fingerprint density at radius 2 is 2.28 bits per heavy atom. The molecule has 0 aliphatic carbocycles. The largest absolute Gasteiger partial charge is 0.473 e. The lowest BCUT2D eigenvalue weighted by Crippen LogP contribution is -2.11. The Morgan fingerprint density at radius 1 is 1.50 bits per heavy atom. The minimum Gasteiger partial charge on any atom is -0.473 e. The van der Waals surface area contributed by atoms with Crippen LogP contribution in [0.1, 0.15) is 26.7 Å². The molecule has 0 bridgehead atoms. The van der Waals surface area contributed by atoms with Crippen LogP contribution < -0.4 is 10.1 Å². The summed E-state index contributed by atoms with van der Waals surface area (Å²) in [7, 11) is 1.39. The number of nitrogens with zero attached hydrogens (tertiary/aromatic N) is 1. The standard InChI is InChI=1S/C13H20N2O3/c1-10(2)18-13-11(6-4-9-15-13)14-8-5-7-12(16)17-3/h4,6,9-10,14H,5,7-8H2,1-3H3. The molecule has 0 radical (unpaired) electrons. The van der Waals surface area contributed by atoms with Crippen molar-refractivity contribution in [3.63, 3.8) is 0 Å². The second-order valence-corrected chi connectivity index (χ2v) is 4.13. The Hall–Kier alpha value is -1.78. The Balaban J connectivity index is 2.43. The molecule has 1 rings (SSSR count). The monoisotopic (exact) mass is 252 g/mol. The van der Waals surface area contributed by atoms with Gasteiger partial charge in [0, 0.05) is 19.2 Å². The summed E-state index contributed by atoms with van der Waals surface area (Å²) in [6.45, 7) is 4.58. The van der Waals surface area contributed by atoms with E-state index < -0.39 is 0 Å². The fraction of sp³-hybridized carbons (Fsp3) is 0.538. The predicted molar refractivity (Wildman–Crippen MR) is 69.7 cm³/mol. The van der Waals surface area contributed by atoms with Crippen LogP contribution in [0.3, 0.4) is 0 Å². The van der Waals surface area contributed by atoms with Crippen molar-refractivity contribution in [1.29, 1.82) is 0 Å². The van der Waals surface area contributed by atoms with Gasteiger partial charge in [0.1, 0.15) is 0 Å². The molecule has 1 aromatic rings. The zero-order chi connectivity index (χ0) is 13.4. The molecule has 0 aliphatic heterocycles. The summed E-state index contributed by atoms with van der Waals surface area (Å²) < 4.78 is 10.2. The molecule has 5 heteroatoms. The smallest absolute Gasteiger partial charge is 0.305 e. The average molecular weight is 252 g/mol. The molecule has 0 spiro atoms. The van der Waals surface area contributed by atoms with Crippen LogP contribution in [-0.4, -0.2) is 30.7 Å². The lowest BCUT2D eigenvalue weighted by atomic mass is 10.3. The van der Waals surface area contributed by atoms with Crippen molar-refractivity contribution in [2.24, 2.45) is 0 Å². The number of carbonyl (C=O) groups is 1. The van der Waals surface area contributed by atoms with E-state index in [1.54, 1.807) is 6.20 Å². The highest BCUT2D eigenvalue weighted by Gasteiger charge is 2.06. The number of aromatic nitrogens is 1. The lowest BCUT2D eigenvalue weighted by Gasteiger charge is -2.13. The SMILES string of the molecule is COC(=O)CCCNc1cccnc1OC(C)C. The van der Waals surface area contributed by atoms with E-state index in [-0.39, 0.29) is 12.1 Å². The van der Waals surface area contributed by atoms with E-state index in [2.05, 4.69) is 15.0 Å². The third-order valence-corrected chi connectivity index (χ3v) is 2.22. The number of esters is 1. The summed E-state index contributed by atoms with van der Waals surface area (Å²) in [4.78, 5) is 15.1. The van der Waals surface area contributed by atoms with Gasteiger partial charge in [0.15, 0.2) is 0 Å². The summed E-state index contributed by atoms with van der Waals surface area (Å²) in [6.07, 6.45) is 2.89. The number of ether oxygens (including phenoxy) is 2. The van der Waals surface area contributed by atoms with Gasteiger partial charge in [-0.1, -0.05) is 0 Å². The number of rotatable bonds is 7. The molecular weight excluding hydrogens is 232 g/mol.